The number of carbonyl (C=O) groups is 1. The molecule has 1 aromatic rings. The van der Waals surface area contributed by atoms with Crippen LogP contribution in [0.1, 0.15) is 35.1 Å². The van der Waals surface area contributed by atoms with Gasteiger partial charge in [0.05, 0.1) is 12.4 Å². The van der Waals surface area contributed by atoms with Crippen molar-refractivity contribution >= 4 is 5.97 Å². The third kappa shape index (κ3) is 1.88. The Morgan fingerprint density at radius 3 is 3.00 bits per heavy atom. The Morgan fingerprint density at radius 2 is 2.40 bits per heavy atom. The van der Waals surface area contributed by atoms with Crippen LogP contribution < -0.4 is 0 Å². The second kappa shape index (κ2) is 4.04. The zero-order valence-corrected chi connectivity index (χ0v) is 8.05. The highest BCUT2D eigenvalue weighted by Crippen LogP contribution is 2.29. The number of hydrogen-bond acceptors (Lipinski definition) is 4. The Kier molecular flexibility index (Phi) is 2.75. The second-order valence-corrected chi connectivity index (χ2v) is 3.50. The van der Waals surface area contributed by atoms with Crippen LogP contribution in [-0.4, -0.2) is 28.9 Å². The molecule has 82 valence electrons. The van der Waals surface area contributed by atoms with Crippen LogP contribution in [0.2, 0.25) is 0 Å². The van der Waals surface area contributed by atoms with E-state index in [2.05, 4.69) is 0 Å². The Hall–Kier alpha value is -1.33. The van der Waals surface area contributed by atoms with Crippen LogP contribution in [0.3, 0.4) is 0 Å². The molecule has 2 N–H and O–H groups in total. The van der Waals surface area contributed by atoms with E-state index in [1.165, 1.54) is 12.3 Å². The molecule has 5 heteroatoms. The van der Waals surface area contributed by atoms with E-state index >= 15 is 0 Å². The molecule has 15 heavy (non-hydrogen) atoms. The molecule has 2 rings (SSSR count). The summed E-state index contributed by atoms with van der Waals surface area (Å²) in [6.45, 7) is 0.602. The van der Waals surface area contributed by atoms with Gasteiger partial charge in [0, 0.05) is 6.61 Å². The summed E-state index contributed by atoms with van der Waals surface area (Å²) in [6.07, 6.45) is 1.52. The predicted octanol–water partition coefficient (Wildman–Crippen LogP) is 1.19. The molecule has 2 atom stereocenters. The fourth-order valence-corrected chi connectivity index (χ4v) is 1.75. The van der Waals surface area contributed by atoms with Gasteiger partial charge in [-0.2, -0.15) is 0 Å². The molecular weight excluding hydrogens is 200 g/mol. The van der Waals surface area contributed by atoms with E-state index in [1.54, 1.807) is 0 Å². The number of carboxylic acid groups (broad SMARTS) is 1. The lowest BCUT2D eigenvalue weighted by molar-refractivity contribution is -0.0138. The van der Waals surface area contributed by atoms with E-state index in [1.807, 2.05) is 0 Å². The average molecular weight is 212 g/mol. The molecule has 1 aliphatic rings. The minimum absolute atomic E-state index is 0.00185. The van der Waals surface area contributed by atoms with E-state index in [9.17, 15) is 9.90 Å². The van der Waals surface area contributed by atoms with E-state index in [0.29, 0.717) is 6.61 Å². The molecule has 0 aliphatic carbocycles. The molecule has 0 saturated carbocycles. The van der Waals surface area contributed by atoms with Gasteiger partial charge in [-0.15, -0.1) is 0 Å². The minimum Gasteiger partial charge on any atom is -0.478 e. The van der Waals surface area contributed by atoms with E-state index in [-0.39, 0.29) is 17.4 Å². The summed E-state index contributed by atoms with van der Waals surface area (Å²) in [7, 11) is 0. The number of aliphatic hydroxyl groups excluding tert-OH is 1. The summed E-state index contributed by atoms with van der Waals surface area (Å²) < 4.78 is 10.3. The molecule has 1 fully saturated rings. The first-order valence-electron chi connectivity index (χ1n) is 4.80. The maximum absolute atomic E-state index is 10.8. The van der Waals surface area contributed by atoms with Crippen LogP contribution >= 0.6 is 0 Å². The summed E-state index contributed by atoms with van der Waals surface area (Å²) in [6, 6.07) is 1.33. The van der Waals surface area contributed by atoms with Crippen LogP contribution in [-0.2, 0) is 4.74 Å². The topological polar surface area (TPSA) is 79.9 Å². The van der Waals surface area contributed by atoms with Crippen molar-refractivity contribution in [3.63, 3.8) is 0 Å². The Labute approximate surface area is 86.3 Å². The smallest absolute Gasteiger partial charge is 0.339 e. The van der Waals surface area contributed by atoms with Crippen molar-refractivity contribution < 1.29 is 24.2 Å². The number of ether oxygens (including phenoxy) is 1. The first kappa shape index (κ1) is 10.2. The second-order valence-electron chi connectivity index (χ2n) is 3.50. The number of aliphatic hydroxyl groups is 1. The standard InChI is InChI=1S/C10H12O5/c11-8(7-2-1-4-14-7)9-6(10(12)13)3-5-15-9/h3,5,7-8,11H,1-2,4H2,(H,12,13). The van der Waals surface area contributed by atoms with Crippen molar-refractivity contribution in [1.82, 2.24) is 0 Å². The SMILES string of the molecule is O=C(O)c1ccoc1C(O)C1CCCO1. The maximum Gasteiger partial charge on any atom is 0.339 e. The van der Waals surface area contributed by atoms with Crippen LogP contribution in [0.5, 0.6) is 0 Å². The van der Waals surface area contributed by atoms with Crippen LogP contribution in [0.4, 0.5) is 0 Å². The summed E-state index contributed by atoms with van der Waals surface area (Å²) in [5, 5.41) is 18.7. The highest BCUT2D eigenvalue weighted by Gasteiger charge is 2.30. The fraction of sp³-hybridized carbons (Fsp3) is 0.500. The molecule has 0 amide bonds. The van der Waals surface area contributed by atoms with Gasteiger partial charge in [-0.1, -0.05) is 0 Å². The quantitative estimate of drug-likeness (QED) is 0.786. The van der Waals surface area contributed by atoms with Crippen molar-refractivity contribution in [2.75, 3.05) is 6.61 Å². The van der Waals surface area contributed by atoms with Gasteiger partial charge in [-0.05, 0) is 18.9 Å². The van der Waals surface area contributed by atoms with Gasteiger partial charge in [0.2, 0.25) is 0 Å². The average Bonchev–Trinajstić information content (AvgIpc) is 2.88. The zero-order chi connectivity index (χ0) is 10.8. The number of rotatable bonds is 3. The third-order valence-electron chi connectivity index (χ3n) is 2.51. The Bertz CT molecular complexity index is 350. The van der Waals surface area contributed by atoms with Gasteiger partial charge >= 0.3 is 5.97 Å². The van der Waals surface area contributed by atoms with E-state index in [0.717, 1.165) is 12.8 Å². The summed E-state index contributed by atoms with van der Waals surface area (Å²) in [4.78, 5) is 10.8. The third-order valence-corrected chi connectivity index (χ3v) is 2.51. The van der Waals surface area contributed by atoms with Crippen molar-refractivity contribution in [3.8, 4) is 0 Å². The van der Waals surface area contributed by atoms with Crippen molar-refractivity contribution in [2.45, 2.75) is 25.0 Å². The minimum atomic E-state index is -1.10. The maximum atomic E-state index is 10.8. The van der Waals surface area contributed by atoms with Gasteiger partial charge in [-0.25, -0.2) is 4.79 Å². The molecule has 5 nitrogen and oxygen atoms in total. The fourth-order valence-electron chi connectivity index (χ4n) is 1.75. The monoisotopic (exact) mass is 212 g/mol. The molecule has 1 aromatic heterocycles. The van der Waals surface area contributed by atoms with E-state index in [4.69, 9.17) is 14.3 Å². The molecule has 1 aliphatic heterocycles. The van der Waals surface area contributed by atoms with Crippen molar-refractivity contribution in [1.29, 1.82) is 0 Å². The number of hydrogen-bond donors (Lipinski definition) is 2. The van der Waals surface area contributed by atoms with Crippen molar-refractivity contribution in [2.24, 2.45) is 0 Å². The zero-order valence-electron chi connectivity index (χ0n) is 8.05. The lowest BCUT2D eigenvalue weighted by atomic mass is 10.1. The molecule has 0 bridgehead atoms. The van der Waals surface area contributed by atoms with Gasteiger partial charge in [0.25, 0.3) is 0 Å². The summed E-state index contributed by atoms with van der Waals surface area (Å²) in [5.74, 6) is -1.02. The molecule has 1 saturated heterocycles. The van der Waals surface area contributed by atoms with Crippen LogP contribution in [0.15, 0.2) is 16.7 Å². The highest BCUT2D eigenvalue weighted by molar-refractivity contribution is 5.88. The largest absolute Gasteiger partial charge is 0.478 e. The first-order chi connectivity index (χ1) is 7.20. The van der Waals surface area contributed by atoms with Gasteiger partial charge < -0.3 is 19.4 Å². The predicted molar refractivity (Wildman–Crippen MR) is 49.6 cm³/mol. The van der Waals surface area contributed by atoms with Gasteiger partial charge in [-0.3, -0.25) is 0 Å². The lowest BCUT2D eigenvalue weighted by Gasteiger charge is -2.15. The summed E-state index contributed by atoms with van der Waals surface area (Å²) in [5.41, 5.74) is -0.00185. The van der Waals surface area contributed by atoms with Gasteiger partial charge in [0.1, 0.15) is 17.4 Å². The lowest BCUT2D eigenvalue weighted by Crippen LogP contribution is -2.18. The summed E-state index contributed by atoms with van der Waals surface area (Å²) >= 11 is 0. The first-order valence-corrected chi connectivity index (χ1v) is 4.80. The van der Waals surface area contributed by atoms with Crippen LogP contribution in [0, 0.1) is 0 Å². The number of furan rings is 1. The Morgan fingerprint density at radius 1 is 1.60 bits per heavy atom. The molecule has 2 unspecified atom stereocenters. The molecule has 0 radical (unpaired) electrons. The molecular formula is C10H12O5. The molecule has 0 aromatic carbocycles. The van der Waals surface area contributed by atoms with E-state index < -0.39 is 12.1 Å². The highest BCUT2D eigenvalue weighted by atomic mass is 16.5. The number of carboxylic acids is 1. The van der Waals surface area contributed by atoms with Crippen molar-refractivity contribution in [3.05, 3.63) is 23.7 Å². The molecule has 0 spiro atoms. The normalized spacial score (nSPS) is 22.9. The van der Waals surface area contributed by atoms with Gasteiger partial charge in [0.15, 0.2) is 0 Å². The Balaban J connectivity index is 2.20. The van der Waals surface area contributed by atoms with Crippen LogP contribution in [0.25, 0.3) is 0 Å². The number of aromatic carboxylic acids is 1. The molecule has 2 heterocycles.